The van der Waals surface area contributed by atoms with Crippen LogP contribution >= 0.6 is 0 Å². The summed E-state index contributed by atoms with van der Waals surface area (Å²) in [5.74, 6) is -0.837. The molecule has 9 nitrogen and oxygen atoms in total. The third-order valence-corrected chi connectivity index (χ3v) is 7.07. The van der Waals surface area contributed by atoms with Gasteiger partial charge in [0.1, 0.15) is 6.10 Å². The number of carbonyl (C=O) groups is 1. The summed E-state index contributed by atoms with van der Waals surface area (Å²) in [6.07, 6.45) is 2.99. The van der Waals surface area contributed by atoms with Gasteiger partial charge in [0.2, 0.25) is 5.88 Å². The highest BCUT2D eigenvalue weighted by Gasteiger charge is 2.25. The molecule has 0 spiro atoms. The van der Waals surface area contributed by atoms with Crippen LogP contribution in [0, 0.1) is 0 Å². The molecular formula is C30H35N5O4. The third kappa shape index (κ3) is 6.61. The Kier molecular flexibility index (Phi) is 8.48. The second kappa shape index (κ2) is 12.4. The van der Waals surface area contributed by atoms with E-state index in [1.165, 1.54) is 15.8 Å². The molecule has 204 valence electrons. The minimum Gasteiger partial charge on any atom is -0.476 e. The molecule has 39 heavy (non-hydrogen) atoms. The number of hydrogen-bond acceptors (Lipinski definition) is 7. The molecule has 0 atom stereocenters. The molecule has 4 aromatic rings. The molecule has 5 rings (SSSR count). The third-order valence-electron chi connectivity index (χ3n) is 7.07. The molecule has 2 aromatic carbocycles. The van der Waals surface area contributed by atoms with E-state index in [1.807, 2.05) is 26.0 Å². The van der Waals surface area contributed by atoms with E-state index in [9.17, 15) is 9.90 Å². The standard InChI is InChI=1S/C30H35N5O4/c1-21(2)25-20-26-31-28(30(36)37)32-35(26)33-29(25)38-19-9-16-34-17-14-24(15-18-34)39-27(22-10-5-3-6-11-22)23-12-7-4-8-13-23/h3-8,10-13,20-21,24,27H,9,14-19H2,1-2H3,(H,36,37). The molecule has 1 saturated heterocycles. The van der Waals surface area contributed by atoms with Gasteiger partial charge in [-0.15, -0.1) is 14.8 Å². The summed E-state index contributed by atoms with van der Waals surface area (Å²) < 4.78 is 13.9. The molecule has 1 aliphatic heterocycles. The molecule has 2 aromatic heterocycles. The Balaban J connectivity index is 1.12. The topological polar surface area (TPSA) is 102 Å². The van der Waals surface area contributed by atoms with E-state index in [0.717, 1.165) is 44.5 Å². The van der Waals surface area contributed by atoms with Crippen LogP contribution in [0.25, 0.3) is 5.65 Å². The lowest BCUT2D eigenvalue weighted by atomic mass is 10.00. The van der Waals surface area contributed by atoms with Crippen molar-refractivity contribution in [2.45, 2.75) is 51.2 Å². The van der Waals surface area contributed by atoms with Crippen molar-refractivity contribution in [1.82, 2.24) is 24.7 Å². The molecule has 3 heterocycles. The molecule has 0 unspecified atom stereocenters. The van der Waals surface area contributed by atoms with Gasteiger partial charge in [-0.3, -0.25) is 0 Å². The van der Waals surface area contributed by atoms with Gasteiger partial charge >= 0.3 is 5.97 Å². The largest absolute Gasteiger partial charge is 0.476 e. The van der Waals surface area contributed by atoms with Crippen molar-refractivity contribution in [2.75, 3.05) is 26.2 Å². The fourth-order valence-electron chi connectivity index (χ4n) is 4.96. The Labute approximate surface area is 228 Å². The molecule has 0 amide bonds. The molecule has 9 heteroatoms. The number of ether oxygens (including phenoxy) is 2. The smallest absolute Gasteiger partial charge is 0.375 e. The van der Waals surface area contributed by atoms with E-state index < -0.39 is 5.97 Å². The highest BCUT2D eigenvalue weighted by Crippen LogP contribution is 2.30. The van der Waals surface area contributed by atoms with Crippen LogP contribution in [0.4, 0.5) is 0 Å². The van der Waals surface area contributed by atoms with Crippen LogP contribution in [0.15, 0.2) is 66.7 Å². The van der Waals surface area contributed by atoms with Crippen LogP contribution in [0.1, 0.15) is 72.4 Å². The zero-order valence-electron chi connectivity index (χ0n) is 22.4. The van der Waals surface area contributed by atoms with Gasteiger partial charge in [0.25, 0.3) is 5.82 Å². The number of aromatic nitrogens is 4. The fourth-order valence-corrected chi connectivity index (χ4v) is 4.96. The first-order valence-electron chi connectivity index (χ1n) is 13.6. The van der Waals surface area contributed by atoms with Crippen LogP contribution in [0.2, 0.25) is 0 Å². The molecule has 0 bridgehead atoms. The Hall–Kier alpha value is -3.82. The minimum atomic E-state index is -1.18. The molecule has 1 fully saturated rings. The van der Waals surface area contributed by atoms with E-state index in [4.69, 9.17) is 9.47 Å². The second-order valence-electron chi connectivity index (χ2n) is 10.2. The number of benzene rings is 2. The van der Waals surface area contributed by atoms with Crippen molar-refractivity contribution in [3.8, 4) is 5.88 Å². The number of likely N-dealkylation sites (tertiary alicyclic amines) is 1. The van der Waals surface area contributed by atoms with Gasteiger partial charge in [0, 0.05) is 25.2 Å². The predicted molar refractivity (Wildman–Crippen MR) is 147 cm³/mol. The van der Waals surface area contributed by atoms with Gasteiger partial charge in [-0.2, -0.15) is 4.98 Å². The Bertz CT molecular complexity index is 1330. The average Bonchev–Trinajstić information content (AvgIpc) is 3.39. The van der Waals surface area contributed by atoms with Gasteiger partial charge in [-0.05, 0) is 42.4 Å². The van der Waals surface area contributed by atoms with Crippen LogP contribution in [0.3, 0.4) is 0 Å². The van der Waals surface area contributed by atoms with E-state index in [-0.39, 0.29) is 24.0 Å². The minimum absolute atomic E-state index is 0.0612. The Morgan fingerprint density at radius 1 is 1.00 bits per heavy atom. The first-order chi connectivity index (χ1) is 19.0. The van der Waals surface area contributed by atoms with Crippen LogP contribution < -0.4 is 4.74 Å². The zero-order chi connectivity index (χ0) is 27.2. The van der Waals surface area contributed by atoms with Crippen LogP contribution in [-0.2, 0) is 4.74 Å². The first-order valence-corrected chi connectivity index (χ1v) is 13.6. The maximum Gasteiger partial charge on any atom is 0.375 e. The van der Waals surface area contributed by atoms with Crippen molar-refractivity contribution in [3.63, 3.8) is 0 Å². The summed E-state index contributed by atoms with van der Waals surface area (Å²) in [7, 11) is 0. The monoisotopic (exact) mass is 529 g/mol. The van der Waals surface area contributed by atoms with Crippen molar-refractivity contribution in [3.05, 3.63) is 89.2 Å². The summed E-state index contributed by atoms with van der Waals surface area (Å²) in [5, 5.41) is 17.5. The van der Waals surface area contributed by atoms with Gasteiger partial charge in [0.05, 0.1) is 12.7 Å². The molecule has 0 saturated carbocycles. The molecule has 1 N–H and O–H groups in total. The summed E-state index contributed by atoms with van der Waals surface area (Å²) in [4.78, 5) is 17.7. The number of carboxylic acid groups (broad SMARTS) is 1. The summed E-state index contributed by atoms with van der Waals surface area (Å²) in [5.41, 5.74) is 3.65. The lowest BCUT2D eigenvalue weighted by Gasteiger charge is -2.34. The van der Waals surface area contributed by atoms with Crippen molar-refractivity contribution in [2.24, 2.45) is 0 Å². The summed E-state index contributed by atoms with van der Waals surface area (Å²) in [6.45, 7) is 7.50. The number of hydrogen-bond donors (Lipinski definition) is 1. The maximum atomic E-state index is 11.2. The highest BCUT2D eigenvalue weighted by atomic mass is 16.5. The maximum absolute atomic E-state index is 11.2. The number of piperidine rings is 1. The van der Waals surface area contributed by atoms with Gasteiger partial charge in [0.15, 0.2) is 5.65 Å². The molecular weight excluding hydrogens is 494 g/mol. The Morgan fingerprint density at radius 2 is 1.64 bits per heavy atom. The van der Waals surface area contributed by atoms with Crippen molar-refractivity contribution >= 4 is 11.6 Å². The van der Waals surface area contributed by atoms with Crippen LogP contribution in [0.5, 0.6) is 5.88 Å². The molecule has 0 radical (unpaired) electrons. The number of nitrogens with zero attached hydrogens (tertiary/aromatic N) is 5. The second-order valence-corrected chi connectivity index (χ2v) is 10.2. The normalized spacial score (nSPS) is 14.9. The fraction of sp³-hybridized carbons (Fsp3) is 0.400. The first kappa shape index (κ1) is 26.8. The Morgan fingerprint density at radius 3 is 2.23 bits per heavy atom. The van der Waals surface area contributed by atoms with Crippen molar-refractivity contribution in [1.29, 1.82) is 0 Å². The quantitative estimate of drug-likeness (QED) is 0.271. The number of carboxylic acids is 1. The molecule has 1 aliphatic rings. The lowest BCUT2D eigenvalue weighted by molar-refractivity contribution is -0.0273. The van der Waals surface area contributed by atoms with E-state index in [1.54, 1.807) is 6.07 Å². The molecule has 0 aliphatic carbocycles. The van der Waals surface area contributed by atoms with Crippen LogP contribution in [-0.4, -0.2) is 68.1 Å². The zero-order valence-corrected chi connectivity index (χ0v) is 22.4. The van der Waals surface area contributed by atoms with Gasteiger partial charge < -0.3 is 19.5 Å². The van der Waals surface area contributed by atoms with Gasteiger partial charge in [-0.25, -0.2) is 4.79 Å². The van der Waals surface area contributed by atoms with E-state index in [2.05, 4.69) is 68.6 Å². The predicted octanol–water partition coefficient (Wildman–Crippen LogP) is 4.99. The summed E-state index contributed by atoms with van der Waals surface area (Å²) in [6, 6.07) is 22.7. The number of aromatic carboxylic acids is 1. The van der Waals surface area contributed by atoms with Gasteiger partial charge in [-0.1, -0.05) is 74.5 Å². The lowest BCUT2D eigenvalue weighted by Crippen LogP contribution is -2.38. The SMILES string of the molecule is CC(C)c1cc2nc(C(=O)O)nn2nc1OCCCN1CCC(OC(c2ccccc2)c2ccccc2)CC1. The van der Waals surface area contributed by atoms with E-state index in [0.29, 0.717) is 18.1 Å². The highest BCUT2D eigenvalue weighted by molar-refractivity contribution is 5.83. The van der Waals surface area contributed by atoms with Crippen molar-refractivity contribution < 1.29 is 19.4 Å². The number of rotatable bonds is 11. The number of fused-ring (bicyclic) bond motifs is 1. The van der Waals surface area contributed by atoms with E-state index >= 15 is 0 Å². The average molecular weight is 530 g/mol. The summed E-state index contributed by atoms with van der Waals surface area (Å²) >= 11 is 0.